The van der Waals surface area contributed by atoms with Crippen molar-refractivity contribution in [3.63, 3.8) is 0 Å². The molecule has 0 radical (unpaired) electrons. The van der Waals surface area contributed by atoms with Gasteiger partial charge in [-0.1, -0.05) is 0 Å². The van der Waals surface area contributed by atoms with Crippen molar-refractivity contribution in [2.24, 2.45) is 4.99 Å². The second-order valence-corrected chi connectivity index (χ2v) is 8.89. The van der Waals surface area contributed by atoms with Crippen LogP contribution in [0.2, 0.25) is 0 Å². The molecule has 2 aromatic rings. The highest BCUT2D eigenvalue weighted by atomic mass is 127. The van der Waals surface area contributed by atoms with Crippen LogP contribution in [0, 0.1) is 0 Å². The molecule has 0 aliphatic carbocycles. The van der Waals surface area contributed by atoms with Gasteiger partial charge in [0.05, 0.1) is 12.8 Å². The predicted molar refractivity (Wildman–Crippen MR) is 135 cm³/mol. The maximum atomic E-state index is 12.5. The number of carbonyl (C=O) groups excluding carboxylic acids is 1. The Kier molecular flexibility index (Phi) is 8.79. The molecule has 1 unspecified atom stereocenters. The van der Waals surface area contributed by atoms with Crippen LogP contribution < -0.4 is 5.32 Å². The lowest BCUT2D eigenvalue weighted by Crippen LogP contribution is -2.54. The van der Waals surface area contributed by atoms with Crippen LogP contribution in [0.4, 0.5) is 0 Å². The third-order valence-corrected chi connectivity index (χ3v) is 6.92. The van der Waals surface area contributed by atoms with Crippen molar-refractivity contribution in [1.82, 2.24) is 20.0 Å². The number of thiophene rings is 1. The maximum absolute atomic E-state index is 12.5. The van der Waals surface area contributed by atoms with E-state index in [-0.39, 0.29) is 29.9 Å². The van der Waals surface area contributed by atoms with Gasteiger partial charge in [0.15, 0.2) is 11.7 Å². The molecule has 1 N–H and O–H groups in total. The molecule has 0 aromatic carbocycles. The van der Waals surface area contributed by atoms with Crippen molar-refractivity contribution in [3.8, 4) is 0 Å². The second kappa shape index (κ2) is 11.3. The van der Waals surface area contributed by atoms with Gasteiger partial charge in [-0.05, 0) is 49.4 Å². The molecular formula is C22H32IN5O2S. The Bertz CT molecular complexity index is 861. The Hall–Kier alpha value is -1.59. The summed E-state index contributed by atoms with van der Waals surface area (Å²) < 4.78 is 5.26. The molecule has 170 valence electrons. The van der Waals surface area contributed by atoms with E-state index in [9.17, 15) is 4.79 Å². The van der Waals surface area contributed by atoms with Crippen molar-refractivity contribution in [2.45, 2.75) is 32.9 Å². The zero-order valence-corrected chi connectivity index (χ0v) is 21.4. The van der Waals surface area contributed by atoms with Crippen LogP contribution in [0.15, 0.2) is 39.3 Å². The van der Waals surface area contributed by atoms with E-state index in [0.29, 0.717) is 24.9 Å². The Morgan fingerprint density at radius 1 is 1.23 bits per heavy atom. The third kappa shape index (κ3) is 5.81. The molecule has 2 aliphatic rings. The number of carbonyl (C=O) groups is 1. The van der Waals surface area contributed by atoms with Crippen molar-refractivity contribution in [1.29, 1.82) is 0 Å². The van der Waals surface area contributed by atoms with Crippen LogP contribution in [0.25, 0.3) is 0 Å². The topological polar surface area (TPSA) is 64.3 Å². The Labute approximate surface area is 205 Å². The molecule has 1 fully saturated rings. The van der Waals surface area contributed by atoms with Gasteiger partial charge in [0, 0.05) is 56.7 Å². The minimum absolute atomic E-state index is 0. The van der Waals surface area contributed by atoms with Gasteiger partial charge in [0.2, 0.25) is 0 Å². The number of fused-ring (bicyclic) bond motifs is 1. The molecule has 1 atom stereocenters. The number of aliphatic imine (C=N–C) groups is 1. The van der Waals surface area contributed by atoms with Gasteiger partial charge >= 0.3 is 0 Å². The summed E-state index contributed by atoms with van der Waals surface area (Å²) >= 11 is 1.88. The van der Waals surface area contributed by atoms with Crippen LogP contribution in [0.1, 0.15) is 34.8 Å². The highest BCUT2D eigenvalue weighted by Gasteiger charge is 2.26. The van der Waals surface area contributed by atoms with Crippen LogP contribution in [-0.4, -0.2) is 78.4 Å². The summed E-state index contributed by atoms with van der Waals surface area (Å²) in [6.45, 7) is 11.0. The molecule has 9 heteroatoms. The molecule has 4 heterocycles. The number of guanidine groups is 1. The zero-order valence-electron chi connectivity index (χ0n) is 18.2. The molecule has 1 amide bonds. The summed E-state index contributed by atoms with van der Waals surface area (Å²) in [6, 6.07) is 6.13. The molecule has 2 aliphatic heterocycles. The standard InChI is InChI=1S/C22H31N5O2S.HI/c1-3-23-22(24-15-17(2)27-8-6-20-18(16-27)7-14-30-20)26-11-9-25(10-12-26)21(28)19-5-4-13-29-19;/h4-5,7,13-14,17H,3,6,8-12,15-16H2,1-2H3,(H,23,24);1H. The lowest BCUT2D eigenvalue weighted by atomic mass is 10.1. The van der Waals surface area contributed by atoms with Crippen molar-refractivity contribution in [2.75, 3.05) is 45.8 Å². The van der Waals surface area contributed by atoms with E-state index in [2.05, 4.69) is 40.4 Å². The van der Waals surface area contributed by atoms with E-state index in [4.69, 9.17) is 9.41 Å². The number of hydrogen-bond acceptors (Lipinski definition) is 5. The maximum Gasteiger partial charge on any atom is 0.289 e. The summed E-state index contributed by atoms with van der Waals surface area (Å²) in [5, 5.41) is 5.64. The Morgan fingerprint density at radius 2 is 2.00 bits per heavy atom. The van der Waals surface area contributed by atoms with E-state index in [1.165, 1.54) is 10.4 Å². The number of furan rings is 1. The molecular weight excluding hydrogens is 525 g/mol. The summed E-state index contributed by atoms with van der Waals surface area (Å²) in [7, 11) is 0. The van der Waals surface area contributed by atoms with Gasteiger partial charge in [0.25, 0.3) is 5.91 Å². The predicted octanol–water partition coefficient (Wildman–Crippen LogP) is 3.13. The van der Waals surface area contributed by atoms with Crippen LogP contribution in [0.5, 0.6) is 0 Å². The first-order chi connectivity index (χ1) is 14.7. The lowest BCUT2D eigenvalue weighted by molar-refractivity contribution is 0.0657. The normalized spacial score (nSPS) is 18.3. The largest absolute Gasteiger partial charge is 0.459 e. The molecule has 7 nitrogen and oxygen atoms in total. The molecule has 2 aromatic heterocycles. The first-order valence-electron chi connectivity index (χ1n) is 10.8. The Morgan fingerprint density at radius 3 is 2.71 bits per heavy atom. The monoisotopic (exact) mass is 557 g/mol. The van der Waals surface area contributed by atoms with Crippen LogP contribution in [-0.2, 0) is 13.0 Å². The Balaban J connectivity index is 0.00000272. The van der Waals surface area contributed by atoms with E-state index in [1.54, 1.807) is 18.4 Å². The van der Waals surface area contributed by atoms with E-state index in [1.807, 2.05) is 16.2 Å². The minimum atomic E-state index is -0.0342. The molecule has 0 bridgehead atoms. The van der Waals surface area contributed by atoms with Gasteiger partial charge < -0.3 is 19.5 Å². The number of amides is 1. The fraction of sp³-hybridized carbons (Fsp3) is 0.545. The van der Waals surface area contributed by atoms with E-state index in [0.717, 1.165) is 51.6 Å². The fourth-order valence-corrected chi connectivity index (χ4v) is 4.97. The van der Waals surface area contributed by atoms with Gasteiger partial charge in [-0.2, -0.15) is 0 Å². The highest BCUT2D eigenvalue weighted by molar-refractivity contribution is 14.0. The fourth-order valence-electron chi connectivity index (χ4n) is 4.08. The molecule has 31 heavy (non-hydrogen) atoms. The van der Waals surface area contributed by atoms with Gasteiger partial charge in [0.1, 0.15) is 0 Å². The van der Waals surface area contributed by atoms with Crippen molar-refractivity contribution in [3.05, 3.63) is 46.0 Å². The minimum Gasteiger partial charge on any atom is -0.459 e. The number of nitrogens with zero attached hydrogens (tertiary/aromatic N) is 4. The van der Waals surface area contributed by atoms with Gasteiger partial charge in [-0.3, -0.25) is 14.7 Å². The number of piperazine rings is 1. The smallest absolute Gasteiger partial charge is 0.289 e. The first kappa shape index (κ1) is 24.1. The van der Waals surface area contributed by atoms with Gasteiger partial charge in [-0.15, -0.1) is 35.3 Å². The number of halogens is 1. The van der Waals surface area contributed by atoms with Crippen LogP contribution >= 0.6 is 35.3 Å². The number of nitrogens with one attached hydrogen (secondary N) is 1. The van der Waals surface area contributed by atoms with Gasteiger partial charge in [-0.25, -0.2) is 0 Å². The summed E-state index contributed by atoms with van der Waals surface area (Å²) in [5.41, 5.74) is 1.48. The van der Waals surface area contributed by atoms with E-state index >= 15 is 0 Å². The number of hydrogen-bond donors (Lipinski definition) is 1. The first-order valence-corrected chi connectivity index (χ1v) is 11.7. The third-order valence-electron chi connectivity index (χ3n) is 5.90. The molecule has 1 saturated heterocycles. The molecule has 0 spiro atoms. The van der Waals surface area contributed by atoms with Crippen LogP contribution in [0.3, 0.4) is 0 Å². The molecule has 0 saturated carbocycles. The zero-order chi connectivity index (χ0) is 20.9. The highest BCUT2D eigenvalue weighted by Crippen LogP contribution is 2.25. The van der Waals surface area contributed by atoms with E-state index < -0.39 is 0 Å². The average Bonchev–Trinajstić information content (AvgIpc) is 3.47. The quantitative estimate of drug-likeness (QED) is 0.348. The summed E-state index contributed by atoms with van der Waals surface area (Å²) in [6.07, 6.45) is 2.69. The summed E-state index contributed by atoms with van der Waals surface area (Å²) in [5.74, 6) is 1.32. The SMILES string of the molecule is CCNC(=NCC(C)N1CCc2sccc2C1)N1CCN(C(=O)c2ccco2)CC1.I. The number of rotatable bonds is 5. The van der Waals surface area contributed by atoms with Crippen molar-refractivity contribution >= 4 is 47.2 Å². The molecule has 4 rings (SSSR count). The summed E-state index contributed by atoms with van der Waals surface area (Å²) in [4.78, 5) is 25.6. The average molecular weight is 558 g/mol. The lowest BCUT2D eigenvalue weighted by Gasteiger charge is -2.36. The van der Waals surface area contributed by atoms with Crippen molar-refractivity contribution < 1.29 is 9.21 Å². The second-order valence-electron chi connectivity index (χ2n) is 7.89.